The standard InChI is InChI=1S/C26H28FN5O/c1-28-13-21-12-19(22-14-29-30-15-22)6-8-24(21)32-16-20-10-11-31(17-25(20)32)26(33)9-7-18-4-2-3-5-23(18)27/h2-6,8,12-15,20,25H,7,9-11,16-17H2,1H3,(H,29,30)/b28-13-. The summed E-state index contributed by atoms with van der Waals surface area (Å²) in [6.45, 7) is 2.50. The number of aromatic amines is 1. The van der Waals surface area contributed by atoms with Gasteiger partial charge in [0.25, 0.3) is 0 Å². The van der Waals surface area contributed by atoms with E-state index >= 15 is 0 Å². The van der Waals surface area contributed by atoms with Crippen LogP contribution < -0.4 is 4.90 Å². The highest BCUT2D eigenvalue weighted by Crippen LogP contribution is 2.39. The Hall–Kier alpha value is -3.48. The van der Waals surface area contributed by atoms with E-state index in [4.69, 9.17) is 0 Å². The highest BCUT2D eigenvalue weighted by Gasteiger charge is 2.44. The van der Waals surface area contributed by atoms with Gasteiger partial charge in [0.15, 0.2) is 0 Å². The lowest BCUT2D eigenvalue weighted by molar-refractivity contribution is -0.133. The Bertz CT molecular complexity index is 1160. The van der Waals surface area contributed by atoms with Crippen LogP contribution in [0.3, 0.4) is 0 Å². The van der Waals surface area contributed by atoms with Crippen LogP contribution in [-0.2, 0) is 11.2 Å². The SMILES string of the molecule is C/N=C\c1cc(-c2cn[nH]c2)ccc1N1CC2CCN(C(=O)CCc3ccccc3F)CC21. The molecule has 0 aliphatic carbocycles. The summed E-state index contributed by atoms with van der Waals surface area (Å²) < 4.78 is 13.9. The third kappa shape index (κ3) is 4.27. The molecule has 33 heavy (non-hydrogen) atoms. The van der Waals surface area contributed by atoms with Crippen molar-refractivity contribution in [1.82, 2.24) is 15.1 Å². The van der Waals surface area contributed by atoms with Crippen LogP contribution in [-0.4, -0.2) is 59.9 Å². The number of likely N-dealkylation sites (tertiary alicyclic amines) is 1. The van der Waals surface area contributed by atoms with Crippen molar-refractivity contribution >= 4 is 17.8 Å². The summed E-state index contributed by atoms with van der Waals surface area (Å²) in [7, 11) is 1.78. The predicted molar refractivity (Wildman–Crippen MR) is 128 cm³/mol. The number of fused-ring (bicyclic) bond motifs is 1. The number of benzene rings is 2. The van der Waals surface area contributed by atoms with Crippen LogP contribution >= 0.6 is 0 Å². The Morgan fingerprint density at radius 2 is 2.12 bits per heavy atom. The zero-order valence-electron chi connectivity index (χ0n) is 18.7. The van der Waals surface area contributed by atoms with Gasteiger partial charge in [-0.3, -0.25) is 14.9 Å². The van der Waals surface area contributed by atoms with Gasteiger partial charge in [0, 0.05) is 68.2 Å². The summed E-state index contributed by atoms with van der Waals surface area (Å²) in [5.41, 5.74) is 4.95. The van der Waals surface area contributed by atoms with Gasteiger partial charge in [0.2, 0.25) is 5.91 Å². The molecule has 3 heterocycles. The summed E-state index contributed by atoms with van der Waals surface area (Å²) in [6, 6.07) is 13.4. The molecule has 6 nitrogen and oxygen atoms in total. The van der Waals surface area contributed by atoms with Gasteiger partial charge in [-0.2, -0.15) is 5.10 Å². The summed E-state index contributed by atoms with van der Waals surface area (Å²) in [4.78, 5) is 21.5. The molecule has 0 spiro atoms. The number of aromatic nitrogens is 2. The van der Waals surface area contributed by atoms with Crippen LogP contribution in [0, 0.1) is 11.7 Å². The normalized spacial score (nSPS) is 20.1. The number of aliphatic imine (C=N–C) groups is 1. The summed E-state index contributed by atoms with van der Waals surface area (Å²) in [5.74, 6) is 0.466. The second-order valence-electron chi connectivity index (χ2n) is 8.85. The molecule has 2 aliphatic heterocycles. The fraction of sp³-hybridized carbons (Fsp3) is 0.346. The predicted octanol–water partition coefficient (Wildman–Crippen LogP) is 3.93. The Morgan fingerprint density at radius 3 is 2.91 bits per heavy atom. The van der Waals surface area contributed by atoms with Crippen LogP contribution in [0.15, 0.2) is 59.9 Å². The number of hydrogen-bond acceptors (Lipinski definition) is 4. The highest BCUT2D eigenvalue weighted by atomic mass is 19.1. The molecule has 170 valence electrons. The molecule has 1 amide bonds. The number of hydrogen-bond donors (Lipinski definition) is 1. The third-order valence-corrected chi connectivity index (χ3v) is 6.91. The first-order valence-corrected chi connectivity index (χ1v) is 11.5. The Labute approximate surface area is 193 Å². The molecule has 2 fully saturated rings. The minimum atomic E-state index is -0.238. The highest BCUT2D eigenvalue weighted by molar-refractivity contribution is 5.91. The van der Waals surface area contributed by atoms with Gasteiger partial charge in [-0.15, -0.1) is 0 Å². The number of anilines is 1. The largest absolute Gasteiger partial charge is 0.366 e. The fourth-order valence-corrected chi connectivity index (χ4v) is 5.05. The van der Waals surface area contributed by atoms with Crippen molar-refractivity contribution in [2.24, 2.45) is 10.9 Å². The van der Waals surface area contributed by atoms with Gasteiger partial charge in [-0.1, -0.05) is 24.3 Å². The van der Waals surface area contributed by atoms with Gasteiger partial charge in [-0.05, 0) is 42.2 Å². The number of aryl methyl sites for hydroxylation is 1. The van der Waals surface area contributed by atoms with E-state index in [0.717, 1.165) is 41.9 Å². The lowest BCUT2D eigenvalue weighted by atomic mass is 9.81. The first kappa shape index (κ1) is 21.4. The van der Waals surface area contributed by atoms with E-state index in [1.165, 1.54) is 6.07 Å². The molecule has 2 atom stereocenters. The molecule has 1 N–H and O–H groups in total. The zero-order chi connectivity index (χ0) is 22.8. The molecular formula is C26H28FN5O. The number of piperidine rings is 1. The van der Waals surface area contributed by atoms with Crippen molar-refractivity contribution in [1.29, 1.82) is 0 Å². The lowest BCUT2D eigenvalue weighted by Gasteiger charge is -2.55. The molecule has 1 aromatic heterocycles. The maximum absolute atomic E-state index is 13.9. The molecule has 5 rings (SSSR count). The molecule has 2 aromatic carbocycles. The molecule has 0 radical (unpaired) electrons. The number of carbonyl (C=O) groups is 1. The van der Waals surface area contributed by atoms with Gasteiger partial charge < -0.3 is 9.80 Å². The number of nitrogens with one attached hydrogen (secondary N) is 1. The lowest BCUT2D eigenvalue weighted by Crippen LogP contribution is -2.65. The molecule has 0 saturated carbocycles. The van der Waals surface area contributed by atoms with Crippen molar-refractivity contribution in [3.8, 4) is 11.1 Å². The molecule has 2 aliphatic rings. The van der Waals surface area contributed by atoms with E-state index in [1.807, 2.05) is 29.6 Å². The van der Waals surface area contributed by atoms with E-state index in [9.17, 15) is 9.18 Å². The van der Waals surface area contributed by atoms with Crippen LogP contribution in [0.1, 0.15) is 24.0 Å². The van der Waals surface area contributed by atoms with E-state index in [2.05, 4.69) is 38.3 Å². The van der Waals surface area contributed by atoms with Crippen molar-refractivity contribution in [3.63, 3.8) is 0 Å². The molecule has 3 aromatic rings. The fourth-order valence-electron chi connectivity index (χ4n) is 5.05. The van der Waals surface area contributed by atoms with E-state index in [1.54, 1.807) is 19.2 Å². The number of rotatable bonds is 6. The quantitative estimate of drug-likeness (QED) is 0.585. The van der Waals surface area contributed by atoms with E-state index in [0.29, 0.717) is 36.9 Å². The van der Waals surface area contributed by atoms with Crippen LogP contribution in [0.25, 0.3) is 11.1 Å². The van der Waals surface area contributed by atoms with E-state index < -0.39 is 0 Å². The second kappa shape index (κ2) is 9.17. The molecule has 2 saturated heterocycles. The second-order valence-corrected chi connectivity index (χ2v) is 8.85. The molecule has 7 heteroatoms. The zero-order valence-corrected chi connectivity index (χ0v) is 18.7. The summed E-state index contributed by atoms with van der Waals surface area (Å²) in [6.07, 6.45) is 7.38. The van der Waals surface area contributed by atoms with Gasteiger partial charge >= 0.3 is 0 Å². The number of H-pyrrole nitrogens is 1. The minimum absolute atomic E-state index is 0.106. The van der Waals surface area contributed by atoms with Crippen molar-refractivity contribution in [3.05, 3.63) is 71.8 Å². The Kier molecular flexibility index (Phi) is 5.94. The maximum atomic E-state index is 13.9. The molecular weight excluding hydrogens is 417 g/mol. The van der Waals surface area contributed by atoms with E-state index in [-0.39, 0.29) is 11.7 Å². The number of halogens is 1. The Morgan fingerprint density at radius 1 is 1.24 bits per heavy atom. The monoisotopic (exact) mass is 445 g/mol. The van der Waals surface area contributed by atoms with Crippen molar-refractivity contribution in [2.45, 2.75) is 25.3 Å². The summed E-state index contributed by atoms with van der Waals surface area (Å²) >= 11 is 0. The van der Waals surface area contributed by atoms with Crippen LogP contribution in [0.5, 0.6) is 0 Å². The summed E-state index contributed by atoms with van der Waals surface area (Å²) in [5, 5.41) is 6.91. The first-order valence-electron chi connectivity index (χ1n) is 11.5. The third-order valence-electron chi connectivity index (χ3n) is 6.91. The number of amides is 1. The van der Waals surface area contributed by atoms with Crippen LogP contribution in [0.2, 0.25) is 0 Å². The minimum Gasteiger partial charge on any atom is -0.366 e. The number of nitrogens with zero attached hydrogens (tertiary/aromatic N) is 4. The smallest absolute Gasteiger partial charge is 0.222 e. The molecule has 0 bridgehead atoms. The topological polar surface area (TPSA) is 64.6 Å². The average molecular weight is 446 g/mol. The van der Waals surface area contributed by atoms with Gasteiger partial charge in [0.05, 0.1) is 12.2 Å². The molecule has 2 unspecified atom stereocenters. The maximum Gasteiger partial charge on any atom is 0.222 e. The van der Waals surface area contributed by atoms with Gasteiger partial charge in [-0.25, -0.2) is 4.39 Å². The Balaban J connectivity index is 1.28. The first-order chi connectivity index (χ1) is 16.1. The van der Waals surface area contributed by atoms with Gasteiger partial charge in [0.1, 0.15) is 5.82 Å². The average Bonchev–Trinajstić information content (AvgIpc) is 3.35. The number of carbonyl (C=O) groups excluding carboxylic acids is 1. The van der Waals surface area contributed by atoms with Crippen LogP contribution in [0.4, 0.5) is 10.1 Å². The van der Waals surface area contributed by atoms with Crippen molar-refractivity contribution in [2.75, 3.05) is 31.6 Å². The van der Waals surface area contributed by atoms with Crippen molar-refractivity contribution < 1.29 is 9.18 Å².